The van der Waals surface area contributed by atoms with Crippen LogP contribution in [-0.4, -0.2) is 12.4 Å². The first-order valence-corrected chi connectivity index (χ1v) is 7.72. The molecule has 0 bridgehead atoms. The van der Waals surface area contributed by atoms with Gasteiger partial charge in [-0.05, 0) is 68.4 Å². The summed E-state index contributed by atoms with van der Waals surface area (Å²) in [6.45, 7) is 11.2. The van der Waals surface area contributed by atoms with E-state index < -0.39 is 0 Å². The first kappa shape index (κ1) is 16.7. The van der Waals surface area contributed by atoms with Crippen LogP contribution < -0.4 is 4.74 Å². The number of ether oxygens (including phenoxy) is 1. The molecule has 0 aliphatic carbocycles. The van der Waals surface area contributed by atoms with E-state index in [-0.39, 0.29) is 0 Å². The topological polar surface area (TPSA) is 26.3 Å². The van der Waals surface area contributed by atoms with Gasteiger partial charge in [0.2, 0.25) is 0 Å². The SMILES string of the molecule is CCCC(=O)CC(C)Cc1c(C)cc(OCC)cc1C. The quantitative estimate of drug-likeness (QED) is 0.691. The van der Waals surface area contributed by atoms with E-state index in [0.717, 1.165) is 18.6 Å². The van der Waals surface area contributed by atoms with Gasteiger partial charge in [0.15, 0.2) is 0 Å². The molecular weight excluding hydrogens is 248 g/mol. The summed E-state index contributed by atoms with van der Waals surface area (Å²) in [5.74, 6) is 1.74. The van der Waals surface area contributed by atoms with Crippen LogP contribution in [0, 0.1) is 19.8 Å². The van der Waals surface area contributed by atoms with Gasteiger partial charge in [0.25, 0.3) is 0 Å². The molecule has 1 aromatic carbocycles. The van der Waals surface area contributed by atoms with Crippen molar-refractivity contribution in [3.63, 3.8) is 0 Å². The minimum absolute atomic E-state index is 0.390. The molecule has 0 N–H and O–H groups in total. The second kappa shape index (κ2) is 8.08. The van der Waals surface area contributed by atoms with E-state index >= 15 is 0 Å². The molecule has 1 unspecified atom stereocenters. The summed E-state index contributed by atoms with van der Waals surface area (Å²) in [4.78, 5) is 11.7. The Morgan fingerprint density at radius 1 is 1.20 bits per heavy atom. The van der Waals surface area contributed by atoms with Crippen LogP contribution in [0.25, 0.3) is 0 Å². The van der Waals surface area contributed by atoms with Crippen LogP contribution in [0.2, 0.25) is 0 Å². The van der Waals surface area contributed by atoms with Gasteiger partial charge >= 0.3 is 0 Å². The number of Topliss-reactive ketones (excluding diaryl/α,β-unsaturated/α-hetero) is 1. The zero-order valence-corrected chi connectivity index (χ0v) is 13.6. The highest BCUT2D eigenvalue weighted by Gasteiger charge is 2.13. The van der Waals surface area contributed by atoms with Crippen molar-refractivity contribution < 1.29 is 9.53 Å². The zero-order chi connectivity index (χ0) is 15.1. The summed E-state index contributed by atoms with van der Waals surface area (Å²) in [6.07, 6.45) is 3.33. The van der Waals surface area contributed by atoms with Gasteiger partial charge in [-0.15, -0.1) is 0 Å². The molecule has 0 spiro atoms. The Kier molecular flexibility index (Phi) is 6.77. The molecule has 0 aliphatic heterocycles. The highest BCUT2D eigenvalue weighted by molar-refractivity contribution is 5.78. The maximum absolute atomic E-state index is 11.7. The minimum atomic E-state index is 0.390. The molecule has 0 saturated heterocycles. The molecule has 112 valence electrons. The van der Waals surface area contributed by atoms with Crippen LogP contribution in [-0.2, 0) is 11.2 Å². The van der Waals surface area contributed by atoms with E-state index in [1.54, 1.807) is 0 Å². The number of aryl methyl sites for hydroxylation is 2. The van der Waals surface area contributed by atoms with Crippen LogP contribution in [0.5, 0.6) is 5.75 Å². The number of hydrogen-bond acceptors (Lipinski definition) is 2. The summed E-state index contributed by atoms with van der Waals surface area (Å²) >= 11 is 0. The third-order valence-electron chi connectivity index (χ3n) is 3.64. The van der Waals surface area contributed by atoms with Gasteiger partial charge in [-0.2, -0.15) is 0 Å². The summed E-state index contributed by atoms with van der Waals surface area (Å²) in [7, 11) is 0. The van der Waals surface area contributed by atoms with Gasteiger partial charge in [-0.25, -0.2) is 0 Å². The Morgan fingerprint density at radius 2 is 1.80 bits per heavy atom. The van der Waals surface area contributed by atoms with E-state index in [2.05, 4.69) is 39.8 Å². The van der Waals surface area contributed by atoms with Crippen LogP contribution in [0.3, 0.4) is 0 Å². The molecule has 0 radical (unpaired) electrons. The van der Waals surface area contributed by atoms with Crippen molar-refractivity contribution in [2.75, 3.05) is 6.61 Å². The number of benzene rings is 1. The monoisotopic (exact) mass is 276 g/mol. The maximum Gasteiger partial charge on any atom is 0.133 e. The molecule has 0 heterocycles. The zero-order valence-electron chi connectivity index (χ0n) is 13.6. The van der Waals surface area contributed by atoms with Crippen molar-refractivity contribution in [2.24, 2.45) is 5.92 Å². The molecule has 0 aliphatic rings. The van der Waals surface area contributed by atoms with E-state index in [4.69, 9.17) is 4.74 Å². The molecule has 2 heteroatoms. The lowest BCUT2D eigenvalue weighted by atomic mass is 9.90. The molecule has 0 fully saturated rings. The molecule has 1 aromatic rings. The van der Waals surface area contributed by atoms with Crippen molar-refractivity contribution in [1.82, 2.24) is 0 Å². The molecule has 0 aromatic heterocycles. The standard InChI is InChI=1S/C18H28O2/c1-6-8-16(19)9-13(3)10-18-14(4)11-17(20-7-2)12-15(18)5/h11-13H,6-10H2,1-5H3. The fraction of sp³-hybridized carbons (Fsp3) is 0.611. The predicted octanol–water partition coefficient (Wildman–Crippen LogP) is 4.64. The second-order valence-electron chi connectivity index (χ2n) is 5.77. The lowest BCUT2D eigenvalue weighted by molar-refractivity contribution is -0.119. The molecule has 20 heavy (non-hydrogen) atoms. The van der Waals surface area contributed by atoms with Crippen molar-refractivity contribution >= 4 is 5.78 Å². The number of ketones is 1. The Bertz CT molecular complexity index is 426. The Balaban J connectivity index is 2.74. The van der Waals surface area contributed by atoms with Gasteiger partial charge in [0, 0.05) is 12.8 Å². The maximum atomic E-state index is 11.7. The fourth-order valence-corrected chi connectivity index (χ4v) is 2.72. The van der Waals surface area contributed by atoms with Crippen LogP contribution in [0.15, 0.2) is 12.1 Å². The van der Waals surface area contributed by atoms with Gasteiger partial charge in [-0.1, -0.05) is 13.8 Å². The van der Waals surface area contributed by atoms with Crippen molar-refractivity contribution in [2.45, 2.75) is 60.3 Å². The highest BCUT2D eigenvalue weighted by atomic mass is 16.5. The number of hydrogen-bond donors (Lipinski definition) is 0. The third kappa shape index (κ3) is 4.99. The predicted molar refractivity (Wildman–Crippen MR) is 84.5 cm³/mol. The summed E-state index contributed by atoms with van der Waals surface area (Å²) in [6, 6.07) is 4.21. The fourth-order valence-electron chi connectivity index (χ4n) is 2.72. The van der Waals surface area contributed by atoms with Crippen LogP contribution in [0.1, 0.15) is 56.7 Å². The van der Waals surface area contributed by atoms with E-state index in [1.807, 2.05) is 6.92 Å². The summed E-state index contributed by atoms with van der Waals surface area (Å²) < 4.78 is 5.57. The molecule has 2 nitrogen and oxygen atoms in total. The van der Waals surface area contributed by atoms with Crippen molar-refractivity contribution in [3.8, 4) is 5.75 Å². The summed E-state index contributed by atoms with van der Waals surface area (Å²) in [5, 5.41) is 0. The Morgan fingerprint density at radius 3 is 2.30 bits per heavy atom. The van der Waals surface area contributed by atoms with Crippen molar-refractivity contribution in [3.05, 3.63) is 28.8 Å². The Labute approximate surface area is 123 Å². The largest absolute Gasteiger partial charge is 0.494 e. The van der Waals surface area contributed by atoms with E-state index in [1.165, 1.54) is 16.7 Å². The number of rotatable bonds is 8. The molecular formula is C18H28O2. The first-order chi connectivity index (χ1) is 9.47. The Hall–Kier alpha value is -1.31. The first-order valence-electron chi connectivity index (χ1n) is 7.72. The highest BCUT2D eigenvalue weighted by Crippen LogP contribution is 2.25. The molecule has 0 saturated carbocycles. The van der Waals surface area contributed by atoms with Gasteiger partial charge in [0.05, 0.1) is 6.61 Å². The van der Waals surface area contributed by atoms with Gasteiger partial charge in [-0.3, -0.25) is 4.79 Å². The molecule has 0 amide bonds. The van der Waals surface area contributed by atoms with E-state index in [9.17, 15) is 4.79 Å². The second-order valence-corrected chi connectivity index (χ2v) is 5.77. The van der Waals surface area contributed by atoms with Crippen LogP contribution in [0.4, 0.5) is 0 Å². The van der Waals surface area contributed by atoms with Gasteiger partial charge in [0.1, 0.15) is 11.5 Å². The van der Waals surface area contributed by atoms with Crippen LogP contribution >= 0.6 is 0 Å². The summed E-state index contributed by atoms with van der Waals surface area (Å²) in [5.41, 5.74) is 3.90. The molecule has 1 atom stereocenters. The lowest BCUT2D eigenvalue weighted by Gasteiger charge is -2.16. The smallest absolute Gasteiger partial charge is 0.133 e. The van der Waals surface area contributed by atoms with Crippen molar-refractivity contribution in [1.29, 1.82) is 0 Å². The normalized spacial score (nSPS) is 12.2. The third-order valence-corrected chi connectivity index (χ3v) is 3.64. The number of carbonyl (C=O) groups is 1. The molecule has 1 rings (SSSR count). The van der Waals surface area contributed by atoms with E-state index in [0.29, 0.717) is 31.1 Å². The number of carbonyl (C=O) groups excluding carboxylic acids is 1. The minimum Gasteiger partial charge on any atom is -0.494 e. The average Bonchev–Trinajstić information content (AvgIpc) is 2.34. The average molecular weight is 276 g/mol. The van der Waals surface area contributed by atoms with Gasteiger partial charge < -0.3 is 4.74 Å². The lowest BCUT2D eigenvalue weighted by Crippen LogP contribution is -2.09.